The Labute approximate surface area is 134 Å². The average molecular weight is 315 g/mol. The zero-order valence-electron chi connectivity index (χ0n) is 13.0. The largest absolute Gasteiger partial charge is 0.381 e. The Balaban J connectivity index is 1.49. The fourth-order valence-electron chi connectivity index (χ4n) is 3.77. The molecule has 0 spiro atoms. The van der Waals surface area contributed by atoms with Gasteiger partial charge in [0.15, 0.2) is 0 Å². The number of aromatic nitrogens is 2. The molecule has 0 saturated carbocycles. The van der Waals surface area contributed by atoms with Gasteiger partial charge in [0.05, 0.1) is 23.6 Å². The lowest BCUT2D eigenvalue weighted by Gasteiger charge is -2.33. The Bertz CT molecular complexity index is 765. The molecular weight excluding hydrogens is 294 g/mol. The normalized spacial score (nSPS) is 22.8. The van der Waals surface area contributed by atoms with Crippen molar-refractivity contribution in [2.45, 2.75) is 25.3 Å². The SMILES string of the molecule is O=C([C@H]1CCOC1)N1CCC(n2c(=O)[nH]c3ccccc32)CC1. The first-order valence-corrected chi connectivity index (χ1v) is 8.30. The standard InChI is InChI=1S/C17H21N3O3/c21-16(12-7-10-23-11-12)19-8-5-13(6-9-19)20-15-4-2-1-3-14(15)18-17(20)22/h1-4,12-13H,5-11H2,(H,18,22)/t12-/m0/s1. The van der Waals surface area contributed by atoms with E-state index in [1.54, 1.807) is 0 Å². The lowest BCUT2D eigenvalue weighted by Crippen LogP contribution is -2.43. The number of nitrogens with zero attached hydrogens (tertiary/aromatic N) is 2. The van der Waals surface area contributed by atoms with Crippen molar-refractivity contribution >= 4 is 16.9 Å². The van der Waals surface area contributed by atoms with Crippen LogP contribution in [0, 0.1) is 5.92 Å². The molecule has 3 heterocycles. The molecule has 1 aromatic carbocycles. The van der Waals surface area contributed by atoms with Crippen LogP contribution in [-0.4, -0.2) is 46.7 Å². The van der Waals surface area contributed by atoms with E-state index in [4.69, 9.17) is 4.74 Å². The van der Waals surface area contributed by atoms with Crippen molar-refractivity contribution in [1.82, 2.24) is 14.5 Å². The molecule has 0 aliphatic carbocycles. The van der Waals surface area contributed by atoms with Crippen LogP contribution < -0.4 is 5.69 Å². The number of imidazole rings is 1. The highest BCUT2D eigenvalue weighted by atomic mass is 16.5. The maximum Gasteiger partial charge on any atom is 0.326 e. The highest BCUT2D eigenvalue weighted by Gasteiger charge is 2.31. The summed E-state index contributed by atoms with van der Waals surface area (Å²) in [5.41, 5.74) is 1.77. The summed E-state index contributed by atoms with van der Waals surface area (Å²) in [7, 11) is 0. The van der Waals surface area contributed by atoms with Crippen molar-refractivity contribution in [2.75, 3.05) is 26.3 Å². The number of benzene rings is 1. The number of hydrogen-bond acceptors (Lipinski definition) is 3. The first kappa shape index (κ1) is 14.5. The highest BCUT2D eigenvalue weighted by Crippen LogP contribution is 2.26. The molecule has 1 atom stereocenters. The van der Waals surface area contributed by atoms with Gasteiger partial charge in [-0.3, -0.25) is 9.36 Å². The van der Waals surface area contributed by atoms with Gasteiger partial charge in [0.1, 0.15) is 0 Å². The zero-order chi connectivity index (χ0) is 15.8. The van der Waals surface area contributed by atoms with Crippen molar-refractivity contribution in [2.24, 2.45) is 5.92 Å². The van der Waals surface area contributed by atoms with Gasteiger partial charge in [-0.2, -0.15) is 0 Å². The van der Waals surface area contributed by atoms with Gasteiger partial charge >= 0.3 is 5.69 Å². The minimum absolute atomic E-state index is 0.0300. The summed E-state index contributed by atoms with van der Waals surface area (Å²) >= 11 is 0. The van der Waals surface area contributed by atoms with E-state index in [0.717, 1.165) is 30.3 Å². The number of fused-ring (bicyclic) bond motifs is 1. The molecule has 6 nitrogen and oxygen atoms in total. The summed E-state index contributed by atoms with van der Waals surface area (Å²) in [4.78, 5) is 29.6. The van der Waals surface area contributed by atoms with Crippen molar-refractivity contribution < 1.29 is 9.53 Å². The minimum atomic E-state index is -0.0554. The summed E-state index contributed by atoms with van der Waals surface area (Å²) in [6.07, 6.45) is 2.48. The first-order chi connectivity index (χ1) is 11.2. The Kier molecular flexibility index (Phi) is 3.69. The molecule has 0 unspecified atom stereocenters. The number of H-pyrrole nitrogens is 1. The molecule has 2 fully saturated rings. The smallest absolute Gasteiger partial charge is 0.326 e. The number of aromatic amines is 1. The van der Waals surface area contributed by atoms with E-state index in [9.17, 15) is 9.59 Å². The van der Waals surface area contributed by atoms with Crippen molar-refractivity contribution in [1.29, 1.82) is 0 Å². The highest BCUT2D eigenvalue weighted by molar-refractivity contribution is 5.79. The quantitative estimate of drug-likeness (QED) is 0.914. The summed E-state index contributed by atoms with van der Waals surface area (Å²) < 4.78 is 7.17. The lowest BCUT2D eigenvalue weighted by molar-refractivity contribution is -0.136. The lowest BCUT2D eigenvalue weighted by atomic mass is 10.0. The van der Waals surface area contributed by atoms with Gasteiger partial charge in [0, 0.05) is 25.7 Å². The first-order valence-electron chi connectivity index (χ1n) is 8.30. The Morgan fingerprint density at radius 2 is 1.96 bits per heavy atom. The monoisotopic (exact) mass is 315 g/mol. The van der Waals surface area contributed by atoms with Crippen LogP contribution in [-0.2, 0) is 9.53 Å². The van der Waals surface area contributed by atoms with Crippen LogP contribution in [0.15, 0.2) is 29.1 Å². The number of carbonyl (C=O) groups excluding carboxylic acids is 1. The van der Waals surface area contributed by atoms with Crippen LogP contribution >= 0.6 is 0 Å². The number of likely N-dealkylation sites (tertiary alicyclic amines) is 1. The van der Waals surface area contributed by atoms with Crippen LogP contribution in [0.3, 0.4) is 0 Å². The van der Waals surface area contributed by atoms with Gasteiger partial charge in [0.2, 0.25) is 5.91 Å². The summed E-state index contributed by atoms with van der Waals surface area (Å²) in [6, 6.07) is 7.92. The molecule has 1 amide bonds. The number of rotatable bonds is 2. The van der Waals surface area contributed by atoms with E-state index < -0.39 is 0 Å². The molecule has 2 aliphatic rings. The van der Waals surface area contributed by atoms with E-state index in [-0.39, 0.29) is 23.6 Å². The second-order valence-electron chi connectivity index (χ2n) is 6.43. The predicted octanol–water partition coefficient (Wildman–Crippen LogP) is 1.53. The van der Waals surface area contributed by atoms with Gasteiger partial charge in [0.25, 0.3) is 0 Å². The summed E-state index contributed by atoms with van der Waals surface area (Å²) in [5, 5.41) is 0. The summed E-state index contributed by atoms with van der Waals surface area (Å²) in [5.74, 6) is 0.245. The predicted molar refractivity (Wildman–Crippen MR) is 86.3 cm³/mol. The summed E-state index contributed by atoms with van der Waals surface area (Å²) in [6.45, 7) is 2.68. The van der Waals surface area contributed by atoms with E-state index in [1.165, 1.54) is 0 Å². The van der Waals surface area contributed by atoms with Gasteiger partial charge in [-0.05, 0) is 31.4 Å². The molecule has 2 saturated heterocycles. The van der Waals surface area contributed by atoms with Crippen LogP contribution in [0.2, 0.25) is 0 Å². The molecule has 0 radical (unpaired) electrons. The molecule has 6 heteroatoms. The molecular formula is C17H21N3O3. The molecule has 122 valence electrons. The van der Waals surface area contributed by atoms with Gasteiger partial charge in [-0.15, -0.1) is 0 Å². The maximum atomic E-state index is 12.4. The third kappa shape index (κ3) is 2.57. The van der Waals surface area contributed by atoms with E-state index in [2.05, 4.69) is 4.98 Å². The minimum Gasteiger partial charge on any atom is -0.381 e. The number of para-hydroxylation sites is 2. The van der Waals surface area contributed by atoms with Gasteiger partial charge in [-0.1, -0.05) is 12.1 Å². The third-order valence-electron chi connectivity index (χ3n) is 5.04. The fraction of sp³-hybridized carbons (Fsp3) is 0.529. The Morgan fingerprint density at radius 1 is 1.17 bits per heavy atom. The van der Waals surface area contributed by atoms with Crippen molar-refractivity contribution in [3.63, 3.8) is 0 Å². The number of ether oxygens (including phenoxy) is 1. The van der Waals surface area contributed by atoms with Gasteiger partial charge in [-0.25, -0.2) is 4.79 Å². The molecule has 23 heavy (non-hydrogen) atoms. The zero-order valence-corrected chi connectivity index (χ0v) is 13.0. The molecule has 2 aliphatic heterocycles. The number of amides is 1. The number of nitrogens with one attached hydrogen (secondary N) is 1. The third-order valence-corrected chi connectivity index (χ3v) is 5.04. The molecule has 0 bridgehead atoms. The Morgan fingerprint density at radius 3 is 2.70 bits per heavy atom. The van der Waals surface area contributed by atoms with Crippen molar-refractivity contribution in [3.05, 3.63) is 34.7 Å². The molecule has 4 rings (SSSR count). The van der Waals surface area contributed by atoms with Crippen LogP contribution in [0.5, 0.6) is 0 Å². The number of carbonyl (C=O) groups is 1. The van der Waals surface area contributed by atoms with Crippen molar-refractivity contribution in [3.8, 4) is 0 Å². The van der Waals surface area contributed by atoms with Crippen LogP contribution in [0.4, 0.5) is 0 Å². The van der Waals surface area contributed by atoms with E-state index in [1.807, 2.05) is 33.7 Å². The molecule has 1 N–H and O–H groups in total. The Hall–Kier alpha value is -2.08. The maximum absolute atomic E-state index is 12.4. The second-order valence-corrected chi connectivity index (χ2v) is 6.43. The topological polar surface area (TPSA) is 67.3 Å². The second kappa shape index (κ2) is 5.85. The van der Waals surface area contributed by atoms with E-state index in [0.29, 0.717) is 26.3 Å². The molecule has 1 aromatic heterocycles. The van der Waals surface area contributed by atoms with Crippen LogP contribution in [0.25, 0.3) is 11.0 Å². The fourth-order valence-corrected chi connectivity index (χ4v) is 3.77. The molecule has 2 aromatic rings. The number of piperidine rings is 1. The van der Waals surface area contributed by atoms with Crippen LogP contribution in [0.1, 0.15) is 25.3 Å². The van der Waals surface area contributed by atoms with E-state index >= 15 is 0 Å². The number of hydrogen-bond donors (Lipinski definition) is 1. The van der Waals surface area contributed by atoms with Gasteiger partial charge < -0.3 is 14.6 Å². The average Bonchev–Trinajstić information content (AvgIpc) is 3.21.